The van der Waals surface area contributed by atoms with Gasteiger partial charge in [0.1, 0.15) is 11.6 Å². The lowest BCUT2D eigenvalue weighted by Crippen LogP contribution is -2.48. The molecule has 1 amide bonds. The highest BCUT2D eigenvalue weighted by molar-refractivity contribution is 5.94. The van der Waals surface area contributed by atoms with Crippen LogP contribution in [0.25, 0.3) is 10.9 Å². The second-order valence-electron chi connectivity index (χ2n) is 7.16. The maximum absolute atomic E-state index is 13.4. The topological polar surface area (TPSA) is 65.6 Å². The van der Waals surface area contributed by atoms with Gasteiger partial charge in [0.2, 0.25) is 0 Å². The van der Waals surface area contributed by atoms with E-state index in [4.69, 9.17) is 4.74 Å². The minimum atomic E-state index is -0.414. The Morgan fingerprint density at radius 3 is 2.62 bits per heavy atom. The molecule has 0 atom stereocenters. The number of rotatable bonds is 4. The second kappa shape index (κ2) is 8.05. The molecule has 2 aromatic carbocycles. The highest BCUT2D eigenvalue weighted by Crippen LogP contribution is 2.19. The van der Waals surface area contributed by atoms with E-state index >= 15 is 0 Å². The van der Waals surface area contributed by atoms with Gasteiger partial charge in [0.15, 0.2) is 0 Å². The normalized spacial score (nSPS) is 14.9. The molecule has 6 nitrogen and oxygen atoms in total. The van der Waals surface area contributed by atoms with Crippen LogP contribution in [0.5, 0.6) is 5.75 Å². The number of hydrogen-bond acceptors (Lipinski definition) is 4. The SMILES string of the molecule is COc1ccc2cc(CN3CCN(C(=O)c4cccc(F)c4)CC3)c(=O)[nH]c2c1. The highest BCUT2D eigenvalue weighted by Gasteiger charge is 2.23. The van der Waals surface area contributed by atoms with Crippen LogP contribution in [0.15, 0.2) is 53.3 Å². The Kier molecular flexibility index (Phi) is 5.31. The lowest BCUT2D eigenvalue weighted by Gasteiger charge is -2.34. The molecule has 2 heterocycles. The molecule has 0 aliphatic carbocycles. The van der Waals surface area contributed by atoms with Gasteiger partial charge in [-0.15, -0.1) is 0 Å². The first kappa shape index (κ1) is 19.1. The van der Waals surface area contributed by atoms with E-state index in [1.54, 1.807) is 30.2 Å². The molecule has 7 heteroatoms. The van der Waals surface area contributed by atoms with Crippen molar-refractivity contribution in [3.8, 4) is 5.75 Å². The van der Waals surface area contributed by atoms with Crippen molar-refractivity contribution < 1.29 is 13.9 Å². The van der Waals surface area contributed by atoms with Gasteiger partial charge in [-0.1, -0.05) is 6.07 Å². The number of halogens is 1. The zero-order valence-corrected chi connectivity index (χ0v) is 16.2. The number of benzene rings is 2. The number of carbonyl (C=O) groups excluding carboxylic acids is 1. The van der Waals surface area contributed by atoms with Crippen molar-refractivity contribution in [2.75, 3.05) is 33.3 Å². The molecule has 1 aromatic heterocycles. The molecule has 1 aliphatic rings. The summed E-state index contributed by atoms with van der Waals surface area (Å²) in [4.78, 5) is 31.8. The van der Waals surface area contributed by atoms with E-state index in [2.05, 4.69) is 9.88 Å². The fourth-order valence-electron chi connectivity index (χ4n) is 3.62. The molecule has 0 saturated carbocycles. The van der Waals surface area contributed by atoms with Crippen molar-refractivity contribution in [1.82, 2.24) is 14.8 Å². The van der Waals surface area contributed by atoms with Crippen LogP contribution in [0, 0.1) is 5.82 Å². The Balaban J connectivity index is 1.42. The second-order valence-corrected chi connectivity index (χ2v) is 7.16. The summed E-state index contributed by atoms with van der Waals surface area (Å²) in [5.41, 5.74) is 1.67. The van der Waals surface area contributed by atoms with Crippen molar-refractivity contribution in [2.24, 2.45) is 0 Å². The Morgan fingerprint density at radius 2 is 1.90 bits per heavy atom. The fourth-order valence-corrected chi connectivity index (χ4v) is 3.62. The molecule has 0 spiro atoms. The number of hydrogen-bond donors (Lipinski definition) is 1. The number of piperazine rings is 1. The smallest absolute Gasteiger partial charge is 0.254 e. The van der Waals surface area contributed by atoms with Gasteiger partial charge in [-0.25, -0.2) is 4.39 Å². The summed E-state index contributed by atoms with van der Waals surface area (Å²) in [7, 11) is 1.59. The molecule has 3 aromatic rings. The highest BCUT2D eigenvalue weighted by atomic mass is 19.1. The maximum Gasteiger partial charge on any atom is 0.254 e. The van der Waals surface area contributed by atoms with E-state index in [0.29, 0.717) is 49.6 Å². The summed E-state index contributed by atoms with van der Waals surface area (Å²) < 4.78 is 18.6. The molecule has 1 aliphatic heterocycles. The summed E-state index contributed by atoms with van der Waals surface area (Å²) in [6, 6.07) is 13.2. The van der Waals surface area contributed by atoms with Gasteiger partial charge >= 0.3 is 0 Å². The van der Waals surface area contributed by atoms with Crippen LogP contribution in [-0.4, -0.2) is 54.0 Å². The minimum Gasteiger partial charge on any atom is -0.497 e. The first-order valence-electron chi connectivity index (χ1n) is 9.50. The number of aromatic nitrogens is 1. The number of fused-ring (bicyclic) bond motifs is 1. The third-order valence-corrected chi connectivity index (χ3v) is 5.26. The van der Waals surface area contributed by atoms with E-state index in [9.17, 15) is 14.0 Å². The summed E-state index contributed by atoms with van der Waals surface area (Å²) >= 11 is 0. The molecule has 0 bridgehead atoms. The Labute approximate surface area is 167 Å². The molecule has 0 unspecified atom stereocenters. The lowest BCUT2D eigenvalue weighted by atomic mass is 10.1. The van der Waals surface area contributed by atoms with Crippen molar-refractivity contribution in [3.63, 3.8) is 0 Å². The van der Waals surface area contributed by atoms with E-state index < -0.39 is 5.82 Å². The van der Waals surface area contributed by atoms with Crippen molar-refractivity contribution in [2.45, 2.75) is 6.54 Å². The van der Waals surface area contributed by atoms with Crippen LogP contribution in [-0.2, 0) is 6.54 Å². The van der Waals surface area contributed by atoms with Gasteiger partial charge in [-0.3, -0.25) is 14.5 Å². The molecule has 1 N–H and O–H groups in total. The summed E-state index contributed by atoms with van der Waals surface area (Å²) in [6.45, 7) is 2.90. The monoisotopic (exact) mass is 395 g/mol. The van der Waals surface area contributed by atoms with Crippen molar-refractivity contribution in [3.05, 3.63) is 75.8 Å². The van der Waals surface area contributed by atoms with Crippen molar-refractivity contribution in [1.29, 1.82) is 0 Å². The quantitative estimate of drug-likeness (QED) is 0.738. The number of methoxy groups -OCH3 is 1. The van der Waals surface area contributed by atoms with Gasteiger partial charge in [0.25, 0.3) is 11.5 Å². The van der Waals surface area contributed by atoms with E-state index in [1.165, 1.54) is 12.1 Å². The van der Waals surface area contributed by atoms with Crippen LogP contribution in [0.2, 0.25) is 0 Å². The number of nitrogens with zero attached hydrogens (tertiary/aromatic N) is 2. The van der Waals surface area contributed by atoms with Crippen LogP contribution >= 0.6 is 0 Å². The molecule has 150 valence electrons. The predicted molar refractivity (Wildman–Crippen MR) is 109 cm³/mol. The molecular formula is C22H22FN3O3. The number of amides is 1. The predicted octanol–water partition coefficient (Wildman–Crippen LogP) is 2.63. The standard InChI is InChI=1S/C22H22FN3O3/c1-29-19-6-5-15-11-17(21(27)24-20(15)13-19)14-25-7-9-26(10-8-25)22(28)16-3-2-4-18(23)12-16/h2-6,11-13H,7-10,14H2,1H3,(H,24,27). The summed E-state index contributed by atoms with van der Waals surface area (Å²) in [6.07, 6.45) is 0. The first-order valence-corrected chi connectivity index (χ1v) is 9.50. The maximum atomic E-state index is 13.4. The number of nitrogens with one attached hydrogen (secondary N) is 1. The van der Waals surface area contributed by atoms with Crippen LogP contribution in [0.1, 0.15) is 15.9 Å². The minimum absolute atomic E-state index is 0.121. The van der Waals surface area contributed by atoms with Gasteiger partial charge in [-0.2, -0.15) is 0 Å². The van der Waals surface area contributed by atoms with Gasteiger partial charge in [0.05, 0.1) is 12.6 Å². The number of carbonyl (C=O) groups is 1. The number of ether oxygens (including phenoxy) is 1. The van der Waals surface area contributed by atoms with E-state index in [-0.39, 0.29) is 11.5 Å². The Bertz CT molecular complexity index is 1100. The molecule has 4 rings (SSSR count). The van der Waals surface area contributed by atoms with E-state index in [1.807, 2.05) is 18.2 Å². The van der Waals surface area contributed by atoms with Crippen LogP contribution in [0.3, 0.4) is 0 Å². The largest absolute Gasteiger partial charge is 0.497 e. The number of H-pyrrole nitrogens is 1. The molecule has 0 radical (unpaired) electrons. The Hall–Kier alpha value is -3.19. The summed E-state index contributed by atoms with van der Waals surface area (Å²) in [5, 5.41) is 0.945. The molecule has 1 saturated heterocycles. The average Bonchev–Trinajstić information content (AvgIpc) is 2.74. The van der Waals surface area contributed by atoms with E-state index in [0.717, 1.165) is 10.9 Å². The van der Waals surface area contributed by atoms with Gasteiger partial charge in [-0.05, 0) is 41.8 Å². The molecule has 29 heavy (non-hydrogen) atoms. The zero-order valence-electron chi connectivity index (χ0n) is 16.2. The van der Waals surface area contributed by atoms with Gasteiger partial charge in [0, 0.05) is 49.9 Å². The third-order valence-electron chi connectivity index (χ3n) is 5.26. The van der Waals surface area contributed by atoms with Gasteiger partial charge < -0.3 is 14.6 Å². The third kappa shape index (κ3) is 4.14. The lowest BCUT2D eigenvalue weighted by molar-refractivity contribution is 0.0627. The van der Waals surface area contributed by atoms with Crippen molar-refractivity contribution >= 4 is 16.8 Å². The number of pyridine rings is 1. The fraction of sp³-hybridized carbons (Fsp3) is 0.273. The zero-order chi connectivity index (χ0) is 20.4. The first-order chi connectivity index (χ1) is 14.0. The molecular weight excluding hydrogens is 373 g/mol. The number of aromatic amines is 1. The average molecular weight is 395 g/mol. The Morgan fingerprint density at radius 1 is 1.10 bits per heavy atom. The van der Waals surface area contributed by atoms with Crippen LogP contribution in [0.4, 0.5) is 4.39 Å². The van der Waals surface area contributed by atoms with Crippen LogP contribution < -0.4 is 10.3 Å². The summed E-state index contributed by atoms with van der Waals surface area (Å²) in [5.74, 6) is 0.115. The molecule has 1 fully saturated rings.